The Morgan fingerprint density at radius 3 is 2.35 bits per heavy atom. The summed E-state index contributed by atoms with van der Waals surface area (Å²) in [5.41, 5.74) is -0.475. The van der Waals surface area contributed by atoms with E-state index in [-0.39, 0.29) is 24.0 Å². The summed E-state index contributed by atoms with van der Waals surface area (Å²) in [5, 5.41) is 0. The Labute approximate surface area is 121 Å². The van der Waals surface area contributed by atoms with Crippen LogP contribution in [-0.4, -0.2) is 49.5 Å². The van der Waals surface area contributed by atoms with Gasteiger partial charge in [-0.25, -0.2) is 4.79 Å². The zero-order valence-electron chi connectivity index (χ0n) is 11.5. The van der Waals surface area contributed by atoms with Crippen LogP contribution in [0, 0.1) is 0 Å². The van der Waals surface area contributed by atoms with E-state index in [0.29, 0.717) is 12.6 Å². The van der Waals surface area contributed by atoms with Gasteiger partial charge in [0.05, 0.1) is 20.6 Å². The predicted octanol–water partition coefficient (Wildman–Crippen LogP) is -0.819. The quantitative estimate of drug-likeness (QED) is 0.368. The molecule has 1 fully saturated rings. The van der Waals surface area contributed by atoms with Gasteiger partial charge in [0.15, 0.2) is 0 Å². The van der Waals surface area contributed by atoms with Crippen LogP contribution in [0.2, 0.25) is 0 Å². The van der Waals surface area contributed by atoms with Crippen molar-refractivity contribution < 1.29 is 42.7 Å². The topological polar surface area (TPSA) is 35.5 Å². The van der Waals surface area contributed by atoms with Crippen LogP contribution in [0.4, 0.5) is 4.79 Å². The van der Waals surface area contributed by atoms with Gasteiger partial charge in [-0.05, 0) is 20.8 Å². The SMILES string of the molecule is CC(C)(C)OC(=O)OC[C@@H]1CCC[N+]1(C)C.[I-]. The van der Waals surface area contributed by atoms with E-state index in [9.17, 15) is 4.79 Å². The molecule has 4 nitrogen and oxygen atoms in total. The number of carbonyl (C=O) groups excluding carboxylic acids is 1. The normalized spacial score (nSPS) is 22.8. The summed E-state index contributed by atoms with van der Waals surface area (Å²) in [6.45, 7) is 7.13. The van der Waals surface area contributed by atoms with Crippen molar-refractivity contribution in [3.8, 4) is 0 Å². The zero-order chi connectivity index (χ0) is 12.4. The highest BCUT2D eigenvalue weighted by molar-refractivity contribution is 5.60. The maximum Gasteiger partial charge on any atom is 0.509 e. The first kappa shape index (κ1) is 17.0. The van der Waals surface area contributed by atoms with Crippen molar-refractivity contribution in [1.29, 1.82) is 0 Å². The second-order valence-electron chi connectivity index (χ2n) is 6.07. The molecule has 1 saturated heterocycles. The lowest BCUT2D eigenvalue weighted by atomic mass is 10.2. The highest BCUT2D eigenvalue weighted by Crippen LogP contribution is 2.22. The second-order valence-corrected chi connectivity index (χ2v) is 6.07. The molecule has 0 aliphatic carbocycles. The third-order valence-corrected chi connectivity index (χ3v) is 3.04. The first-order valence-corrected chi connectivity index (χ1v) is 5.89. The third kappa shape index (κ3) is 5.90. The van der Waals surface area contributed by atoms with Gasteiger partial charge >= 0.3 is 6.16 Å². The Kier molecular flexibility index (Phi) is 6.21. The molecule has 0 bridgehead atoms. The first-order chi connectivity index (χ1) is 7.21. The molecule has 17 heavy (non-hydrogen) atoms. The minimum atomic E-state index is -0.556. The van der Waals surface area contributed by atoms with Gasteiger partial charge < -0.3 is 37.9 Å². The number of likely N-dealkylation sites (tertiary alicyclic amines) is 1. The average Bonchev–Trinajstić information content (AvgIpc) is 2.38. The molecule has 5 heteroatoms. The van der Waals surface area contributed by atoms with E-state index < -0.39 is 11.8 Å². The largest absolute Gasteiger partial charge is 1.00 e. The molecule has 1 aliphatic rings. The smallest absolute Gasteiger partial charge is 0.509 e. The van der Waals surface area contributed by atoms with Crippen LogP contribution in [0.5, 0.6) is 0 Å². The fourth-order valence-corrected chi connectivity index (χ4v) is 2.00. The van der Waals surface area contributed by atoms with Gasteiger partial charge in [-0.2, -0.15) is 0 Å². The fraction of sp³-hybridized carbons (Fsp3) is 0.917. The van der Waals surface area contributed by atoms with E-state index in [1.54, 1.807) is 0 Å². The molecule has 1 atom stereocenters. The monoisotopic (exact) mass is 357 g/mol. The number of rotatable bonds is 2. The molecule has 0 aromatic carbocycles. The van der Waals surface area contributed by atoms with Gasteiger partial charge in [-0.15, -0.1) is 0 Å². The van der Waals surface area contributed by atoms with Crippen molar-refractivity contribution in [3.05, 3.63) is 0 Å². The lowest BCUT2D eigenvalue weighted by Crippen LogP contribution is -3.00. The summed E-state index contributed by atoms with van der Waals surface area (Å²) in [6, 6.07) is 0.410. The summed E-state index contributed by atoms with van der Waals surface area (Å²) < 4.78 is 11.2. The van der Waals surface area contributed by atoms with Crippen molar-refractivity contribution >= 4 is 6.16 Å². The Balaban J connectivity index is 0.00000256. The summed E-state index contributed by atoms with van der Waals surface area (Å²) in [4.78, 5) is 11.4. The lowest BCUT2D eigenvalue weighted by Gasteiger charge is -2.31. The Morgan fingerprint density at radius 1 is 1.35 bits per heavy atom. The molecule has 0 unspecified atom stereocenters. The number of ether oxygens (including phenoxy) is 2. The molecule has 0 N–H and O–H groups in total. The molecular weight excluding hydrogens is 333 g/mol. The van der Waals surface area contributed by atoms with Crippen molar-refractivity contribution in [1.82, 2.24) is 0 Å². The Hall–Kier alpha value is -0.0400. The lowest BCUT2D eigenvalue weighted by molar-refractivity contribution is -0.902. The van der Waals surface area contributed by atoms with Crippen molar-refractivity contribution in [2.24, 2.45) is 0 Å². The van der Waals surface area contributed by atoms with Gasteiger partial charge in [-0.3, -0.25) is 0 Å². The maximum atomic E-state index is 11.4. The van der Waals surface area contributed by atoms with Gasteiger partial charge in [0.25, 0.3) is 0 Å². The number of quaternary nitrogens is 1. The van der Waals surface area contributed by atoms with E-state index in [1.807, 2.05) is 20.8 Å². The Bertz CT molecular complexity index is 261. The molecule has 1 aliphatic heterocycles. The van der Waals surface area contributed by atoms with Gasteiger partial charge in [0.1, 0.15) is 18.2 Å². The summed E-state index contributed by atoms with van der Waals surface area (Å²) in [6.07, 6.45) is 1.77. The van der Waals surface area contributed by atoms with Crippen LogP contribution in [0.3, 0.4) is 0 Å². The molecule has 0 aromatic rings. The van der Waals surface area contributed by atoms with Crippen LogP contribution in [0.15, 0.2) is 0 Å². The summed E-state index contributed by atoms with van der Waals surface area (Å²) >= 11 is 0. The number of nitrogens with zero attached hydrogens (tertiary/aromatic N) is 1. The molecular formula is C12H24INO3. The van der Waals surface area contributed by atoms with Crippen LogP contribution in [-0.2, 0) is 9.47 Å². The molecule has 1 rings (SSSR count). The van der Waals surface area contributed by atoms with E-state index in [1.165, 1.54) is 6.42 Å². The van der Waals surface area contributed by atoms with Gasteiger partial charge in [0, 0.05) is 12.8 Å². The number of likely N-dealkylation sites (N-methyl/N-ethyl adjacent to an activating group) is 1. The van der Waals surface area contributed by atoms with E-state index in [2.05, 4.69) is 14.1 Å². The average molecular weight is 357 g/mol. The van der Waals surface area contributed by atoms with Crippen molar-refractivity contribution in [2.75, 3.05) is 27.2 Å². The highest BCUT2D eigenvalue weighted by Gasteiger charge is 2.35. The minimum absolute atomic E-state index is 0. The van der Waals surface area contributed by atoms with Crippen LogP contribution < -0.4 is 24.0 Å². The number of hydrogen-bond donors (Lipinski definition) is 0. The van der Waals surface area contributed by atoms with Crippen molar-refractivity contribution in [2.45, 2.75) is 45.3 Å². The highest BCUT2D eigenvalue weighted by atomic mass is 127. The third-order valence-electron chi connectivity index (χ3n) is 3.04. The fourth-order valence-electron chi connectivity index (χ4n) is 2.00. The molecule has 0 aromatic heterocycles. The predicted molar refractivity (Wildman–Crippen MR) is 62.2 cm³/mol. The van der Waals surface area contributed by atoms with Crippen LogP contribution in [0.25, 0.3) is 0 Å². The molecule has 0 radical (unpaired) electrons. The van der Waals surface area contributed by atoms with E-state index in [4.69, 9.17) is 9.47 Å². The van der Waals surface area contributed by atoms with E-state index in [0.717, 1.165) is 17.4 Å². The summed E-state index contributed by atoms with van der Waals surface area (Å²) in [7, 11) is 4.35. The number of halogens is 1. The zero-order valence-corrected chi connectivity index (χ0v) is 13.6. The maximum absolute atomic E-state index is 11.4. The summed E-state index contributed by atoms with van der Waals surface area (Å²) in [5.74, 6) is 0. The second kappa shape index (κ2) is 6.22. The van der Waals surface area contributed by atoms with Gasteiger partial charge in [0.2, 0.25) is 0 Å². The molecule has 0 amide bonds. The number of carbonyl (C=O) groups is 1. The van der Waals surface area contributed by atoms with E-state index >= 15 is 0 Å². The van der Waals surface area contributed by atoms with Crippen molar-refractivity contribution in [3.63, 3.8) is 0 Å². The molecule has 0 saturated carbocycles. The number of hydrogen-bond acceptors (Lipinski definition) is 3. The van der Waals surface area contributed by atoms with Crippen LogP contribution >= 0.6 is 0 Å². The molecule has 1 heterocycles. The first-order valence-electron chi connectivity index (χ1n) is 5.89. The molecule has 0 spiro atoms. The van der Waals surface area contributed by atoms with Gasteiger partial charge in [-0.1, -0.05) is 0 Å². The minimum Gasteiger partial charge on any atom is -1.00 e. The Morgan fingerprint density at radius 2 is 1.94 bits per heavy atom. The standard InChI is InChI=1S/C12H24NO3.HI/c1-12(2,3)16-11(14)15-9-10-7-6-8-13(10,4)5;/h10H,6-9H2,1-5H3;1H/q+1;/p-1/t10-;/m0./s1. The molecule has 102 valence electrons. The van der Waals surface area contributed by atoms with Crippen LogP contribution in [0.1, 0.15) is 33.6 Å².